The van der Waals surface area contributed by atoms with Crippen LogP contribution in [0.3, 0.4) is 0 Å². The molecule has 0 bridgehead atoms. The molecule has 1 heterocycles. The van der Waals surface area contributed by atoms with Crippen LogP contribution in [-0.4, -0.2) is 28.9 Å². The fourth-order valence-corrected chi connectivity index (χ4v) is 2.93. The average Bonchev–Trinajstić information content (AvgIpc) is 2.86. The molecule has 25 heavy (non-hydrogen) atoms. The summed E-state index contributed by atoms with van der Waals surface area (Å²) in [4.78, 5) is 36.8. The van der Waals surface area contributed by atoms with Gasteiger partial charge >= 0.3 is 5.97 Å². The molecule has 8 heteroatoms. The topological polar surface area (TPSA) is 86.7 Å². The van der Waals surface area contributed by atoms with Gasteiger partial charge in [-0.2, -0.15) is 0 Å². The lowest BCUT2D eigenvalue weighted by molar-refractivity contribution is -0.121. The molecule has 6 nitrogen and oxygen atoms in total. The van der Waals surface area contributed by atoms with Crippen LogP contribution in [0.1, 0.15) is 16.8 Å². The number of imide groups is 1. The van der Waals surface area contributed by atoms with E-state index in [4.69, 9.17) is 28.3 Å². The van der Waals surface area contributed by atoms with Crippen LogP contribution in [0.15, 0.2) is 42.5 Å². The molecule has 2 N–H and O–H groups in total. The number of halogens is 2. The maximum atomic E-state index is 12.6. The minimum absolute atomic E-state index is 0.0393. The molecule has 0 spiro atoms. The summed E-state index contributed by atoms with van der Waals surface area (Å²) < 4.78 is 0. The summed E-state index contributed by atoms with van der Waals surface area (Å²) in [6.07, 6.45) is -0.0393. The molecule has 0 unspecified atom stereocenters. The predicted molar refractivity (Wildman–Crippen MR) is 94.4 cm³/mol. The van der Waals surface area contributed by atoms with Crippen molar-refractivity contribution in [2.24, 2.45) is 0 Å². The summed E-state index contributed by atoms with van der Waals surface area (Å²) in [6.45, 7) is 0. The van der Waals surface area contributed by atoms with E-state index in [0.717, 1.165) is 4.90 Å². The first-order valence-electron chi connectivity index (χ1n) is 7.29. The van der Waals surface area contributed by atoms with Gasteiger partial charge in [-0.1, -0.05) is 29.3 Å². The van der Waals surface area contributed by atoms with E-state index in [1.165, 1.54) is 24.3 Å². The number of aromatic carboxylic acids is 1. The molecule has 2 aromatic carbocycles. The average molecular weight is 379 g/mol. The van der Waals surface area contributed by atoms with Crippen molar-refractivity contribution in [3.8, 4) is 0 Å². The molecular weight excluding hydrogens is 367 g/mol. The SMILES string of the molecule is O=C(O)c1ccc(N2C(=O)C[C@H](Nc3cccc(Cl)c3Cl)C2=O)cc1. The van der Waals surface area contributed by atoms with Crippen molar-refractivity contribution in [3.63, 3.8) is 0 Å². The highest BCUT2D eigenvalue weighted by molar-refractivity contribution is 6.43. The number of rotatable bonds is 4. The van der Waals surface area contributed by atoms with Crippen LogP contribution in [0, 0.1) is 0 Å². The van der Waals surface area contributed by atoms with Gasteiger partial charge in [0, 0.05) is 0 Å². The van der Waals surface area contributed by atoms with Crippen LogP contribution >= 0.6 is 23.2 Å². The van der Waals surface area contributed by atoms with Crippen LogP contribution in [0.25, 0.3) is 0 Å². The quantitative estimate of drug-likeness (QED) is 0.795. The second kappa shape index (κ2) is 6.74. The molecule has 1 atom stereocenters. The monoisotopic (exact) mass is 378 g/mol. The highest BCUT2D eigenvalue weighted by Gasteiger charge is 2.39. The number of carboxylic acid groups (broad SMARTS) is 1. The number of carboxylic acids is 1. The Morgan fingerprint density at radius 2 is 1.80 bits per heavy atom. The molecule has 1 aliphatic heterocycles. The van der Waals surface area contributed by atoms with E-state index >= 15 is 0 Å². The van der Waals surface area contributed by atoms with Gasteiger partial charge in [-0.15, -0.1) is 0 Å². The molecule has 2 amide bonds. The number of amides is 2. The Morgan fingerprint density at radius 3 is 2.44 bits per heavy atom. The van der Waals surface area contributed by atoms with Crippen LogP contribution in [-0.2, 0) is 9.59 Å². The van der Waals surface area contributed by atoms with Crippen molar-refractivity contribution in [2.75, 3.05) is 10.2 Å². The largest absolute Gasteiger partial charge is 0.478 e. The van der Waals surface area contributed by atoms with E-state index in [1.54, 1.807) is 18.2 Å². The molecule has 0 aliphatic carbocycles. The first kappa shape index (κ1) is 17.3. The van der Waals surface area contributed by atoms with E-state index in [-0.39, 0.29) is 22.9 Å². The van der Waals surface area contributed by atoms with E-state index in [2.05, 4.69) is 5.32 Å². The fourth-order valence-electron chi connectivity index (χ4n) is 2.57. The van der Waals surface area contributed by atoms with E-state index in [0.29, 0.717) is 16.4 Å². The minimum atomic E-state index is -1.08. The number of hydrogen-bond donors (Lipinski definition) is 2. The van der Waals surface area contributed by atoms with Crippen molar-refractivity contribution in [1.82, 2.24) is 0 Å². The van der Waals surface area contributed by atoms with Crippen molar-refractivity contribution in [2.45, 2.75) is 12.5 Å². The van der Waals surface area contributed by atoms with Crippen molar-refractivity contribution in [3.05, 3.63) is 58.1 Å². The Hall–Kier alpha value is -2.57. The smallest absolute Gasteiger partial charge is 0.335 e. The third-order valence-electron chi connectivity index (χ3n) is 3.80. The molecule has 0 radical (unpaired) electrons. The summed E-state index contributed by atoms with van der Waals surface area (Å²) >= 11 is 12.0. The maximum Gasteiger partial charge on any atom is 0.335 e. The van der Waals surface area contributed by atoms with Gasteiger partial charge in [0.1, 0.15) is 6.04 Å². The molecule has 3 rings (SSSR count). The first-order valence-corrected chi connectivity index (χ1v) is 8.05. The van der Waals surface area contributed by atoms with E-state index in [9.17, 15) is 14.4 Å². The highest BCUT2D eigenvalue weighted by atomic mass is 35.5. The number of nitrogens with one attached hydrogen (secondary N) is 1. The molecule has 0 aromatic heterocycles. The summed E-state index contributed by atoms with van der Waals surface area (Å²) in [5.41, 5.74) is 0.855. The summed E-state index contributed by atoms with van der Waals surface area (Å²) in [7, 11) is 0. The van der Waals surface area contributed by atoms with Crippen LogP contribution in [0.2, 0.25) is 10.0 Å². The minimum Gasteiger partial charge on any atom is -0.478 e. The van der Waals surface area contributed by atoms with Gasteiger partial charge in [-0.05, 0) is 36.4 Å². The Bertz CT molecular complexity index is 867. The first-order chi connectivity index (χ1) is 11.9. The Balaban J connectivity index is 1.82. The molecule has 1 fully saturated rings. The van der Waals surface area contributed by atoms with Crippen molar-refractivity contribution in [1.29, 1.82) is 0 Å². The highest BCUT2D eigenvalue weighted by Crippen LogP contribution is 2.32. The number of carbonyl (C=O) groups is 3. The van der Waals surface area contributed by atoms with E-state index < -0.39 is 17.9 Å². The van der Waals surface area contributed by atoms with Gasteiger partial charge in [0.15, 0.2) is 0 Å². The number of nitrogens with zero attached hydrogens (tertiary/aromatic N) is 1. The number of anilines is 2. The lowest BCUT2D eigenvalue weighted by atomic mass is 10.2. The van der Waals surface area contributed by atoms with Gasteiger partial charge in [-0.3, -0.25) is 9.59 Å². The molecule has 1 saturated heterocycles. The molecule has 2 aromatic rings. The lowest BCUT2D eigenvalue weighted by Gasteiger charge is -2.17. The third kappa shape index (κ3) is 3.31. The maximum absolute atomic E-state index is 12.6. The van der Waals surface area contributed by atoms with Crippen LogP contribution in [0.4, 0.5) is 11.4 Å². The third-order valence-corrected chi connectivity index (χ3v) is 4.62. The lowest BCUT2D eigenvalue weighted by Crippen LogP contribution is -2.34. The van der Waals surface area contributed by atoms with Gasteiger partial charge in [0.2, 0.25) is 5.91 Å². The normalized spacial score (nSPS) is 17.0. The molecule has 1 aliphatic rings. The van der Waals surface area contributed by atoms with Crippen molar-refractivity contribution >= 4 is 52.4 Å². The standard InChI is InChI=1S/C17H12Cl2N2O4/c18-11-2-1-3-12(15(11)19)20-13-8-14(22)21(16(13)23)10-6-4-9(5-7-10)17(24)25/h1-7,13,20H,8H2,(H,24,25)/t13-/m0/s1. The zero-order valence-electron chi connectivity index (χ0n) is 12.7. The summed E-state index contributed by atoms with van der Waals surface area (Å²) in [5, 5.41) is 12.5. The van der Waals surface area contributed by atoms with Crippen LogP contribution in [0.5, 0.6) is 0 Å². The number of benzene rings is 2. The zero-order valence-corrected chi connectivity index (χ0v) is 14.2. The molecule has 128 valence electrons. The Morgan fingerprint density at radius 1 is 1.12 bits per heavy atom. The second-order valence-corrected chi connectivity index (χ2v) is 6.21. The predicted octanol–water partition coefficient (Wildman–Crippen LogP) is 3.44. The van der Waals surface area contributed by atoms with Gasteiger partial charge in [0.05, 0.1) is 33.4 Å². The van der Waals surface area contributed by atoms with Crippen molar-refractivity contribution < 1.29 is 19.5 Å². The molecular formula is C17H12Cl2N2O4. The van der Waals surface area contributed by atoms with Crippen LogP contribution < -0.4 is 10.2 Å². The van der Waals surface area contributed by atoms with Gasteiger partial charge in [0.25, 0.3) is 5.91 Å². The number of hydrogen-bond acceptors (Lipinski definition) is 4. The number of carbonyl (C=O) groups excluding carboxylic acids is 2. The Kier molecular flexibility index (Phi) is 4.65. The van der Waals surface area contributed by atoms with E-state index in [1.807, 2.05) is 0 Å². The van der Waals surface area contributed by atoms with Gasteiger partial charge in [-0.25, -0.2) is 9.69 Å². The fraction of sp³-hybridized carbons (Fsp3) is 0.118. The zero-order chi connectivity index (χ0) is 18.1. The molecule has 0 saturated carbocycles. The van der Waals surface area contributed by atoms with Gasteiger partial charge < -0.3 is 10.4 Å². The summed E-state index contributed by atoms with van der Waals surface area (Å²) in [5.74, 6) is -1.91. The summed E-state index contributed by atoms with van der Waals surface area (Å²) in [6, 6.07) is 9.72. The second-order valence-electron chi connectivity index (χ2n) is 5.42. The Labute approximate surface area is 153 Å².